The average molecular weight is 849 g/mol. The summed E-state index contributed by atoms with van der Waals surface area (Å²) in [6.45, 7) is 11.7. The van der Waals surface area contributed by atoms with Gasteiger partial charge in [-0.1, -0.05) is 26.0 Å². The van der Waals surface area contributed by atoms with Crippen LogP contribution in [-0.4, -0.2) is 185 Å². The molecule has 0 aliphatic carbocycles. The van der Waals surface area contributed by atoms with E-state index in [9.17, 15) is 34.8 Å². The summed E-state index contributed by atoms with van der Waals surface area (Å²) < 4.78 is 51.9. The minimum absolute atomic E-state index is 0.145. The molecular weight excluding hydrogens is 776 g/mol. The van der Waals surface area contributed by atoms with Gasteiger partial charge < -0.3 is 73.3 Å². The number of Topliss-reactive ketones (excluding diaryl/α,β-unsaturated/α-hetero) is 1. The van der Waals surface area contributed by atoms with Gasteiger partial charge in [0, 0.05) is 52.7 Å². The molecule has 0 radical (unpaired) electrons. The lowest BCUT2D eigenvalue weighted by Crippen LogP contribution is -2.63. The molecule has 0 aromatic carbocycles. The fourth-order valence-electron chi connectivity index (χ4n) is 7.57. The van der Waals surface area contributed by atoms with Gasteiger partial charge in [-0.05, 0) is 59.7 Å². The van der Waals surface area contributed by atoms with Gasteiger partial charge in [0.1, 0.15) is 30.5 Å². The van der Waals surface area contributed by atoms with E-state index >= 15 is 0 Å². The molecule has 2 rings (SSSR count). The smallest absolute Gasteiger partial charge is 0.308 e. The predicted molar refractivity (Wildman–Crippen MR) is 214 cm³/mol. The molecule has 59 heavy (non-hydrogen) atoms. The molecule has 7 unspecified atom stereocenters. The van der Waals surface area contributed by atoms with Gasteiger partial charge in [-0.3, -0.25) is 14.4 Å². The molecular formula is C41H72N2O16. The van der Waals surface area contributed by atoms with Crippen molar-refractivity contribution in [3.05, 3.63) is 24.8 Å². The molecule has 2 aliphatic heterocycles. The molecule has 16 atom stereocenters. The van der Waals surface area contributed by atoms with Crippen molar-refractivity contribution in [2.45, 2.75) is 146 Å². The Labute approximate surface area is 349 Å². The second-order valence-corrected chi connectivity index (χ2v) is 15.6. The highest BCUT2D eigenvalue weighted by molar-refractivity contribution is 5.88. The molecule has 2 fully saturated rings. The molecule has 2 heterocycles. The number of carbonyl (C=O) groups is 3. The number of ether oxygens (including phenoxy) is 9. The molecule has 2 aliphatic rings. The van der Waals surface area contributed by atoms with Gasteiger partial charge in [-0.25, -0.2) is 0 Å². The summed E-state index contributed by atoms with van der Waals surface area (Å²) in [4.78, 5) is 40.4. The maximum absolute atomic E-state index is 13.5. The summed E-state index contributed by atoms with van der Waals surface area (Å²) in [7, 11) is 9.15. The summed E-state index contributed by atoms with van der Waals surface area (Å²) in [5.41, 5.74) is 0. The van der Waals surface area contributed by atoms with E-state index in [0.29, 0.717) is 12.8 Å². The van der Waals surface area contributed by atoms with Crippen LogP contribution in [0.25, 0.3) is 0 Å². The number of carbonyl (C=O) groups excluding carboxylic acids is 3. The number of amides is 1. The lowest BCUT2D eigenvalue weighted by atomic mass is 9.81. The van der Waals surface area contributed by atoms with Crippen LogP contribution in [-0.2, 0) is 57.0 Å². The molecule has 18 heteroatoms. The number of nitrogens with zero attached hydrogens (tertiary/aromatic N) is 1. The van der Waals surface area contributed by atoms with Crippen molar-refractivity contribution in [2.75, 3.05) is 55.7 Å². The molecule has 18 nitrogen and oxygen atoms in total. The molecule has 342 valence electrons. The first kappa shape index (κ1) is 52.7. The number of ketones is 1. The van der Waals surface area contributed by atoms with Crippen LogP contribution in [0.1, 0.15) is 60.3 Å². The Kier molecular flexibility index (Phi) is 23.3. The number of rotatable bonds is 26. The van der Waals surface area contributed by atoms with Crippen LogP contribution in [0.15, 0.2) is 24.8 Å². The van der Waals surface area contributed by atoms with Crippen molar-refractivity contribution in [1.82, 2.24) is 10.2 Å². The number of likely N-dealkylation sites (N-methyl/N-ethyl adjacent to an activating group) is 1. The Morgan fingerprint density at radius 2 is 1.66 bits per heavy atom. The lowest BCUT2D eigenvalue weighted by Gasteiger charge is -2.47. The third-order valence-electron chi connectivity index (χ3n) is 11.0. The van der Waals surface area contributed by atoms with Crippen LogP contribution in [0.4, 0.5) is 0 Å². The molecule has 0 aromatic heterocycles. The second-order valence-electron chi connectivity index (χ2n) is 15.6. The summed E-state index contributed by atoms with van der Waals surface area (Å²) in [5, 5.41) is 47.3. The van der Waals surface area contributed by atoms with E-state index in [1.807, 2.05) is 13.8 Å². The van der Waals surface area contributed by atoms with Gasteiger partial charge in [0.2, 0.25) is 5.91 Å². The van der Waals surface area contributed by atoms with Gasteiger partial charge in [-0.2, -0.15) is 0 Å². The maximum atomic E-state index is 13.5. The SMILES string of the molecule is C=CC(CO[C@H]1O[C@@H](C)C(=O)[C@H](OC)[C@@H]1OC)C(CO)OC(=O)CC(O)C(C)C(O[C@H]1O[C@H](C)[C@H](O)[C@@H](N(C)C)[C@H]1O)C(CC(C)NC(=O)/C=C/CC)CC(OC)OC. The van der Waals surface area contributed by atoms with Crippen molar-refractivity contribution in [2.24, 2.45) is 17.8 Å². The molecule has 5 N–H and O–H groups in total. The van der Waals surface area contributed by atoms with E-state index in [1.54, 1.807) is 45.8 Å². The Hall–Kier alpha value is -2.43. The van der Waals surface area contributed by atoms with Gasteiger partial charge in [-0.15, -0.1) is 6.58 Å². The zero-order chi connectivity index (χ0) is 44.6. The van der Waals surface area contributed by atoms with E-state index in [2.05, 4.69) is 11.9 Å². The first-order valence-corrected chi connectivity index (χ1v) is 20.3. The van der Waals surface area contributed by atoms with E-state index in [1.165, 1.54) is 40.6 Å². The number of aliphatic hydroxyl groups is 4. The molecule has 0 saturated carbocycles. The van der Waals surface area contributed by atoms with Crippen LogP contribution in [0.5, 0.6) is 0 Å². The first-order valence-electron chi connectivity index (χ1n) is 20.3. The summed E-state index contributed by atoms with van der Waals surface area (Å²) in [5.74, 6) is -3.58. The fourth-order valence-corrected chi connectivity index (χ4v) is 7.57. The van der Waals surface area contributed by atoms with Crippen molar-refractivity contribution >= 4 is 17.7 Å². The zero-order valence-electron chi connectivity index (χ0n) is 36.6. The van der Waals surface area contributed by atoms with Crippen LogP contribution in [0.2, 0.25) is 0 Å². The first-order chi connectivity index (χ1) is 27.9. The summed E-state index contributed by atoms with van der Waals surface area (Å²) in [6, 6.07) is -1.18. The quantitative estimate of drug-likeness (QED) is 0.0349. The molecule has 0 spiro atoms. The molecule has 0 bridgehead atoms. The monoisotopic (exact) mass is 848 g/mol. The van der Waals surface area contributed by atoms with Crippen molar-refractivity contribution in [3.8, 4) is 0 Å². The van der Waals surface area contributed by atoms with E-state index in [-0.39, 0.29) is 24.7 Å². The van der Waals surface area contributed by atoms with E-state index in [4.69, 9.17) is 42.6 Å². The topological polar surface area (TPSA) is 230 Å². The number of esters is 1. The third kappa shape index (κ3) is 15.2. The van der Waals surface area contributed by atoms with Gasteiger partial charge >= 0.3 is 5.97 Å². The van der Waals surface area contributed by atoms with Crippen molar-refractivity contribution in [3.63, 3.8) is 0 Å². The Bertz CT molecular complexity index is 1300. The third-order valence-corrected chi connectivity index (χ3v) is 11.0. The molecule has 1 amide bonds. The average Bonchev–Trinajstić information content (AvgIpc) is 3.19. The largest absolute Gasteiger partial charge is 0.459 e. The number of methoxy groups -OCH3 is 4. The lowest BCUT2D eigenvalue weighted by molar-refractivity contribution is -0.305. The van der Waals surface area contributed by atoms with E-state index < -0.39 is 123 Å². The van der Waals surface area contributed by atoms with Crippen LogP contribution >= 0.6 is 0 Å². The van der Waals surface area contributed by atoms with E-state index in [0.717, 1.165) is 0 Å². The second kappa shape index (κ2) is 26.1. The number of nitrogens with one attached hydrogen (secondary N) is 1. The van der Waals surface area contributed by atoms with Crippen molar-refractivity contribution < 1.29 is 77.4 Å². The van der Waals surface area contributed by atoms with Crippen LogP contribution < -0.4 is 5.32 Å². The zero-order valence-corrected chi connectivity index (χ0v) is 36.6. The molecule has 0 aromatic rings. The Balaban J connectivity index is 2.37. The highest BCUT2D eigenvalue weighted by Gasteiger charge is 2.48. The maximum Gasteiger partial charge on any atom is 0.308 e. The highest BCUT2D eigenvalue weighted by atomic mass is 16.7. The van der Waals surface area contributed by atoms with Gasteiger partial charge in [0.05, 0.1) is 50.1 Å². The number of allylic oxidation sites excluding steroid dienone is 1. The standard InChI is InChI=1S/C41H72N2O16/c1-13-15-16-30(46)42-22(3)17-27(18-32(51-9)52-10)37(59-40-36(50)33(43(7)8)34(48)24(5)56-40)23(4)28(45)19-31(47)58-29(20-44)26(14-2)21-55-41-39(54-12)38(53-11)35(49)25(6)57-41/h14-16,22-29,32-34,36-41,44-45,48,50H,2,13,17-21H2,1,3-12H3,(H,42,46)/b16-15+/t22?,23?,24-,25+,26?,27?,28?,29?,33-,34+,36-,37?,38+,39+,40-,41+/m1/s1. The Morgan fingerprint density at radius 3 is 2.20 bits per heavy atom. The number of hydrogen-bond donors (Lipinski definition) is 5. The number of hydrogen-bond acceptors (Lipinski definition) is 17. The summed E-state index contributed by atoms with van der Waals surface area (Å²) >= 11 is 0. The summed E-state index contributed by atoms with van der Waals surface area (Å²) in [6.07, 6.45) is -7.00. The normalized spacial score (nSPS) is 30.1. The van der Waals surface area contributed by atoms with Crippen molar-refractivity contribution in [1.29, 1.82) is 0 Å². The predicted octanol–water partition coefficient (Wildman–Crippen LogP) is 0.709. The minimum atomic E-state index is -1.40. The van der Waals surface area contributed by atoms with Gasteiger partial charge in [0.25, 0.3) is 0 Å². The highest BCUT2D eigenvalue weighted by Crippen LogP contribution is 2.34. The molecule has 2 saturated heterocycles. The fraction of sp³-hybridized carbons (Fsp3) is 0.829. The number of aliphatic hydroxyl groups excluding tert-OH is 4. The van der Waals surface area contributed by atoms with Crippen LogP contribution in [0.3, 0.4) is 0 Å². The van der Waals surface area contributed by atoms with Gasteiger partial charge in [0.15, 0.2) is 24.7 Å². The van der Waals surface area contributed by atoms with Crippen LogP contribution in [0, 0.1) is 17.8 Å². The Morgan fingerprint density at radius 1 is 1.00 bits per heavy atom. The minimum Gasteiger partial charge on any atom is -0.459 e.